The van der Waals surface area contributed by atoms with Gasteiger partial charge in [-0.1, -0.05) is 41.2 Å². The van der Waals surface area contributed by atoms with Gasteiger partial charge in [0.1, 0.15) is 0 Å². The van der Waals surface area contributed by atoms with Gasteiger partial charge in [-0.15, -0.1) is 0 Å². The first-order valence-corrected chi connectivity index (χ1v) is 10.9. The summed E-state index contributed by atoms with van der Waals surface area (Å²) in [6.07, 6.45) is -4.55. The highest BCUT2D eigenvalue weighted by atomic mass is 32.2. The summed E-state index contributed by atoms with van der Waals surface area (Å²) >= 11 is 1.45. The maximum Gasteiger partial charge on any atom is 0.417 e. The summed E-state index contributed by atoms with van der Waals surface area (Å²) in [5.74, 6) is -0.133. The highest BCUT2D eigenvalue weighted by Gasteiger charge is 2.35. The Bertz CT molecular complexity index is 1370. The van der Waals surface area contributed by atoms with Crippen LogP contribution in [0.15, 0.2) is 81.0 Å². The Kier molecular flexibility index (Phi) is 5.20. The van der Waals surface area contributed by atoms with Crippen LogP contribution >= 0.6 is 11.8 Å². The van der Waals surface area contributed by atoms with Gasteiger partial charge in [-0.25, -0.2) is 0 Å². The largest absolute Gasteiger partial charge is 0.417 e. The molecule has 0 fully saturated rings. The van der Waals surface area contributed by atoms with Crippen LogP contribution in [0, 0.1) is 0 Å². The summed E-state index contributed by atoms with van der Waals surface area (Å²) in [7, 11) is 0. The van der Waals surface area contributed by atoms with Gasteiger partial charge in [0, 0.05) is 21.9 Å². The zero-order chi connectivity index (χ0) is 23.2. The Labute approximate surface area is 191 Å². The van der Waals surface area contributed by atoms with E-state index in [1.54, 1.807) is 23.1 Å². The van der Waals surface area contributed by atoms with Crippen LogP contribution < -0.4 is 4.90 Å². The van der Waals surface area contributed by atoms with Crippen LogP contribution in [0.2, 0.25) is 0 Å². The molecular formula is C24H16F3N3O2S. The number of fused-ring (bicyclic) bond motifs is 2. The fourth-order valence-electron chi connectivity index (χ4n) is 3.74. The third kappa shape index (κ3) is 3.78. The van der Waals surface area contributed by atoms with Gasteiger partial charge in [0.2, 0.25) is 5.82 Å². The number of carbonyl (C=O) groups excluding carboxylic acids is 1. The molecule has 0 radical (unpaired) electrons. The lowest BCUT2D eigenvalue weighted by Crippen LogP contribution is -2.30. The molecule has 1 amide bonds. The Balaban J connectivity index is 1.57. The van der Waals surface area contributed by atoms with E-state index in [-0.39, 0.29) is 23.2 Å². The molecule has 1 aliphatic heterocycles. The standard InChI is InChI=1S/C24H16F3N3O2S/c1-2-30-18-12-11-14(13-20(18)33-19-10-6-4-8-16(19)23(30)31)21-28-22(32-29-21)15-7-3-5-9-17(15)24(25,26)27/h3-13H,2H2,1H3. The molecular weight excluding hydrogens is 451 g/mol. The molecule has 9 heteroatoms. The normalized spacial score (nSPS) is 13.5. The van der Waals surface area contributed by atoms with E-state index < -0.39 is 11.7 Å². The van der Waals surface area contributed by atoms with Gasteiger partial charge in [-0.2, -0.15) is 18.2 Å². The second-order valence-corrected chi connectivity index (χ2v) is 8.38. The molecule has 5 nitrogen and oxygen atoms in total. The molecule has 0 unspecified atom stereocenters. The van der Waals surface area contributed by atoms with E-state index >= 15 is 0 Å². The summed E-state index contributed by atoms with van der Waals surface area (Å²) in [6, 6.07) is 17.8. The molecule has 0 N–H and O–H groups in total. The summed E-state index contributed by atoms with van der Waals surface area (Å²) in [5.41, 5.74) is 0.922. The molecule has 0 saturated carbocycles. The lowest BCUT2D eigenvalue weighted by atomic mass is 10.1. The minimum absolute atomic E-state index is 0.0855. The summed E-state index contributed by atoms with van der Waals surface area (Å²) < 4.78 is 45.4. The minimum Gasteiger partial charge on any atom is -0.334 e. The quantitative estimate of drug-likeness (QED) is 0.342. The number of benzene rings is 3. The third-order valence-electron chi connectivity index (χ3n) is 5.30. The minimum atomic E-state index is -4.55. The van der Waals surface area contributed by atoms with Crippen LogP contribution in [-0.4, -0.2) is 22.6 Å². The Morgan fingerprint density at radius 1 is 0.970 bits per heavy atom. The van der Waals surface area contributed by atoms with Crippen molar-refractivity contribution in [3.05, 3.63) is 77.9 Å². The van der Waals surface area contributed by atoms with Crippen molar-refractivity contribution in [3.8, 4) is 22.8 Å². The van der Waals surface area contributed by atoms with E-state index in [4.69, 9.17) is 4.52 Å². The number of amides is 1. The second kappa shape index (κ2) is 8.08. The number of hydrogen-bond acceptors (Lipinski definition) is 5. The second-order valence-electron chi connectivity index (χ2n) is 7.30. The van der Waals surface area contributed by atoms with Gasteiger partial charge < -0.3 is 9.42 Å². The smallest absolute Gasteiger partial charge is 0.334 e. The predicted molar refractivity (Wildman–Crippen MR) is 118 cm³/mol. The number of anilines is 1. The SMILES string of the molecule is CCN1C(=O)c2ccccc2Sc2cc(-c3noc(-c4ccccc4C(F)(F)F)n3)ccc21. The van der Waals surface area contributed by atoms with Crippen LogP contribution in [0.1, 0.15) is 22.8 Å². The topological polar surface area (TPSA) is 59.2 Å². The maximum atomic E-state index is 13.4. The Hall–Kier alpha value is -3.59. The number of rotatable bonds is 3. The average Bonchev–Trinajstić information content (AvgIpc) is 3.26. The molecule has 2 heterocycles. The summed E-state index contributed by atoms with van der Waals surface area (Å²) in [5, 5.41) is 3.91. The van der Waals surface area contributed by atoms with Crippen molar-refractivity contribution in [1.29, 1.82) is 0 Å². The molecule has 4 aromatic rings. The van der Waals surface area contributed by atoms with Gasteiger partial charge in [-0.3, -0.25) is 4.79 Å². The molecule has 0 saturated heterocycles. The zero-order valence-corrected chi connectivity index (χ0v) is 18.1. The first kappa shape index (κ1) is 21.3. The van der Waals surface area contributed by atoms with Gasteiger partial charge in [0.15, 0.2) is 0 Å². The van der Waals surface area contributed by atoms with Gasteiger partial charge in [0.05, 0.1) is 22.4 Å². The molecule has 0 atom stereocenters. The van der Waals surface area contributed by atoms with Crippen LogP contribution in [0.4, 0.5) is 18.9 Å². The van der Waals surface area contributed by atoms with Crippen LogP contribution in [-0.2, 0) is 6.18 Å². The lowest BCUT2D eigenvalue weighted by Gasteiger charge is -2.21. The highest BCUT2D eigenvalue weighted by molar-refractivity contribution is 7.99. The summed E-state index contributed by atoms with van der Waals surface area (Å²) in [6.45, 7) is 2.39. The first-order chi connectivity index (χ1) is 15.9. The molecule has 0 spiro atoms. The maximum absolute atomic E-state index is 13.4. The van der Waals surface area contributed by atoms with Crippen LogP contribution in [0.5, 0.6) is 0 Å². The third-order valence-corrected chi connectivity index (χ3v) is 6.42. The van der Waals surface area contributed by atoms with Crippen molar-refractivity contribution in [2.24, 2.45) is 0 Å². The molecule has 1 aliphatic rings. The van der Waals surface area contributed by atoms with E-state index in [1.165, 1.54) is 30.0 Å². The molecule has 3 aromatic carbocycles. The molecule has 0 aliphatic carbocycles. The van der Waals surface area contributed by atoms with E-state index in [0.717, 1.165) is 21.5 Å². The average molecular weight is 467 g/mol. The number of nitrogens with zero attached hydrogens (tertiary/aromatic N) is 3. The number of halogens is 3. The molecule has 33 heavy (non-hydrogen) atoms. The number of alkyl halides is 3. The monoisotopic (exact) mass is 467 g/mol. The van der Waals surface area contributed by atoms with Gasteiger partial charge in [0.25, 0.3) is 11.8 Å². The number of aromatic nitrogens is 2. The highest BCUT2D eigenvalue weighted by Crippen LogP contribution is 2.43. The van der Waals surface area contributed by atoms with E-state index in [2.05, 4.69) is 10.1 Å². The molecule has 5 rings (SSSR count). The first-order valence-electron chi connectivity index (χ1n) is 10.1. The van der Waals surface area contributed by atoms with Crippen molar-refractivity contribution in [3.63, 3.8) is 0 Å². The molecule has 166 valence electrons. The van der Waals surface area contributed by atoms with Crippen LogP contribution in [0.25, 0.3) is 22.8 Å². The van der Waals surface area contributed by atoms with Gasteiger partial charge in [-0.05, 0) is 49.4 Å². The van der Waals surface area contributed by atoms with Crippen molar-refractivity contribution in [2.45, 2.75) is 22.9 Å². The van der Waals surface area contributed by atoms with Crippen molar-refractivity contribution < 1.29 is 22.5 Å². The van der Waals surface area contributed by atoms with E-state index in [1.807, 2.05) is 31.2 Å². The van der Waals surface area contributed by atoms with Crippen molar-refractivity contribution in [2.75, 3.05) is 11.4 Å². The molecule has 1 aromatic heterocycles. The van der Waals surface area contributed by atoms with E-state index in [0.29, 0.717) is 17.7 Å². The Morgan fingerprint density at radius 3 is 2.45 bits per heavy atom. The predicted octanol–water partition coefficient (Wildman–Crippen LogP) is 6.55. The number of hydrogen-bond donors (Lipinski definition) is 0. The summed E-state index contributed by atoms with van der Waals surface area (Å²) in [4.78, 5) is 20.6. The Morgan fingerprint density at radius 2 is 1.70 bits per heavy atom. The lowest BCUT2D eigenvalue weighted by molar-refractivity contribution is -0.137. The zero-order valence-electron chi connectivity index (χ0n) is 17.3. The fraction of sp³-hybridized carbons (Fsp3) is 0.125. The van der Waals surface area contributed by atoms with Crippen molar-refractivity contribution >= 4 is 23.4 Å². The van der Waals surface area contributed by atoms with Crippen LogP contribution in [0.3, 0.4) is 0 Å². The van der Waals surface area contributed by atoms with Gasteiger partial charge >= 0.3 is 6.18 Å². The number of carbonyl (C=O) groups is 1. The fourth-order valence-corrected chi connectivity index (χ4v) is 4.86. The molecule has 0 bridgehead atoms. The van der Waals surface area contributed by atoms with E-state index in [9.17, 15) is 18.0 Å². The van der Waals surface area contributed by atoms with Crippen molar-refractivity contribution in [1.82, 2.24) is 10.1 Å².